The average molecular weight is 412 g/mol. The van der Waals surface area contributed by atoms with Crippen molar-refractivity contribution in [2.45, 2.75) is 71.5 Å². The Hall–Kier alpha value is -2.83. The first-order valence-corrected chi connectivity index (χ1v) is 10.9. The number of amides is 3. The molecule has 0 bridgehead atoms. The second-order valence-corrected chi connectivity index (χ2v) is 8.05. The number of benzene rings is 1. The van der Waals surface area contributed by atoms with Crippen LogP contribution in [0.2, 0.25) is 0 Å². The molecule has 0 atom stereocenters. The Bertz CT molecular complexity index is 841. The summed E-state index contributed by atoms with van der Waals surface area (Å²) in [5.41, 5.74) is 4.22. The Morgan fingerprint density at radius 3 is 2.53 bits per heavy atom. The lowest BCUT2D eigenvalue weighted by atomic mass is 9.96. The number of urea groups is 1. The van der Waals surface area contributed by atoms with Crippen LogP contribution in [0.5, 0.6) is 0 Å². The summed E-state index contributed by atoms with van der Waals surface area (Å²) in [6.45, 7) is 5.48. The van der Waals surface area contributed by atoms with Gasteiger partial charge in [0.1, 0.15) is 0 Å². The first-order chi connectivity index (χ1) is 14.5. The summed E-state index contributed by atoms with van der Waals surface area (Å²) in [7, 11) is 0. The van der Waals surface area contributed by atoms with Gasteiger partial charge >= 0.3 is 6.03 Å². The molecule has 162 valence electrons. The summed E-state index contributed by atoms with van der Waals surface area (Å²) >= 11 is 0. The van der Waals surface area contributed by atoms with Crippen molar-refractivity contribution in [3.8, 4) is 0 Å². The number of carbonyl (C=O) groups excluding carboxylic acids is 2. The van der Waals surface area contributed by atoms with E-state index < -0.39 is 0 Å². The molecule has 1 aromatic carbocycles. The standard InChI is InChI=1S/C23H33N5O2/c1-17-21(18(2)28(27-17)16-19-9-5-3-6-10-19)15-25-22(29)13-14-24-23(30)26-20-11-7-4-8-12-20/h3,5-6,9-10,20H,4,7-8,11-16H2,1-2H3,(H,25,29)(H2,24,26,30). The molecule has 0 radical (unpaired) electrons. The Morgan fingerprint density at radius 1 is 1.07 bits per heavy atom. The van der Waals surface area contributed by atoms with Gasteiger partial charge in [0, 0.05) is 36.8 Å². The maximum absolute atomic E-state index is 12.2. The van der Waals surface area contributed by atoms with Crippen molar-refractivity contribution in [2.24, 2.45) is 0 Å². The fraction of sp³-hybridized carbons (Fsp3) is 0.522. The zero-order valence-corrected chi connectivity index (χ0v) is 18.0. The average Bonchev–Trinajstić information content (AvgIpc) is 3.00. The minimum Gasteiger partial charge on any atom is -0.352 e. The van der Waals surface area contributed by atoms with E-state index in [-0.39, 0.29) is 24.4 Å². The molecule has 3 rings (SSSR count). The van der Waals surface area contributed by atoms with Crippen molar-refractivity contribution in [1.82, 2.24) is 25.7 Å². The van der Waals surface area contributed by atoms with E-state index in [1.807, 2.05) is 36.7 Å². The molecule has 0 aliphatic heterocycles. The van der Waals surface area contributed by atoms with Crippen molar-refractivity contribution in [2.75, 3.05) is 6.54 Å². The summed E-state index contributed by atoms with van der Waals surface area (Å²) in [4.78, 5) is 24.1. The fourth-order valence-electron chi connectivity index (χ4n) is 3.95. The van der Waals surface area contributed by atoms with Crippen LogP contribution in [0.1, 0.15) is 61.0 Å². The third-order valence-electron chi connectivity index (χ3n) is 5.75. The highest BCUT2D eigenvalue weighted by molar-refractivity contribution is 5.78. The molecule has 0 spiro atoms. The molecule has 7 heteroatoms. The third-order valence-corrected chi connectivity index (χ3v) is 5.75. The van der Waals surface area contributed by atoms with Gasteiger partial charge < -0.3 is 16.0 Å². The molecule has 30 heavy (non-hydrogen) atoms. The molecule has 3 N–H and O–H groups in total. The topological polar surface area (TPSA) is 88.1 Å². The number of nitrogens with one attached hydrogen (secondary N) is 3. The molecule has 7 nitrogen and oxygen atoms in total. The van der Waals surface area contributed by atoms with Crippen LogP contribution >= 0.6 is 0 Å². The molecule has 2 aromatic rings. The van der Waals surface area contributed by atoms with E-state index in [2.05, 4.69) is 33.2 Å². The molecular weight excluding hydrogens is 378 g/mol. The van der Waals surface area contributed by atoms with Crippen LogP contribution in [0.15, 0.2) is 30.3 Å². The molecule has 1 heterocycles. The van der Waals surface area contributed by atoms with Crippen LogP contribution in [0.25, 0.3) is 0 Å². The van der Waals surface area contributed by atoms with Gasteiger partial charge in [0.2, 0.25) is 5.91 Å². The van der Waals surface area contributed by atoms with Gasteiger partial charge in [-0.15, -0.1) is 0 Å². The lowest BCUT2D eigenvalue weighted by Gasteiger charge is -2.22. The Balaban J connectivity index is 1.40. The Labute approximate surface area is 178 Å². The van der Waals surface area contributed by atoms with Crippen LogP contribution < -0.4 is 16.0 Å². The molecule has 1 fully saturated rings. The van der Waals surface area contributed by atoms with Crippen LogP contribution in [-0.2, 0) is 17.9 Å². The van der Waals surface area contributed by atoms with Gasteiger partial charge in [0.25, 0.3) is 0 Å². The molecule has 1 aromatic heterocycles. The van der Waals surface area contributed by atoms with Crippen LogP contribution in [0, 0.1) is 13.8 Å². The monoisotopic (exact) mass is 411 g/mol. The molecule has 0 saturated heterocycles. The van der Waals surface area contributed by atoms with E-state index >= 15 is 0 Å². The number of nitrogens with zero attached hydrogens (tertiary/aromatic N) is 2. The van der Waals surface area contributed by atoms with Gasteiger partial charge in [-0.3, -0.25) is 9.48 Å². The van der Waals surface area contributed by atoms with Crippen molar-refractivity contribution < 1.29 is 9.59 Å². The molecule has 3 amide bonds. The molecular formula is C23H33N5O2. The summed E-state index contributed by atoms with van der Waals surface area (Å²) < 4.78 is 1.98. The highest BCUT2D eigenvalue weighted by Gasteiger charge is 2.16. The number of aromatic nitrogens is 2. The van der Waals surface area contributed by atoms with E-state index in [1.54, 1.807) is 0 Å². The highest BCUT2D eigenvalue weighted by atomic mass is 16.2. The molecule has 1 aliphatic carbocycles. The largest absolute Gasteiger partial charge is 0.352 e. The van der Waals surface area contributed by atoms with Crippen LogP contribution in [0.3, 0.4) is 0 Å². The van der Waals surface area contributed by atoms with Gasteiger partial charge in [0.15, 0.2) is 0 Å². The fourth-order valence-corrected chi connectivity index (χ4v) is 3.95. The number of rotatable bonds is 8. The zero-order chi connectivity index (χ0) is 21.3. The number of aryl methyl sites for hydroxylation is 1. The lowest BCUT2D eigenvalue weighted by Crippen LogP contribution is -2.43. The first-order valence-electron chi connectivity index (χ1n) is 10.9. The normalized spacial score (nSPS) is 14.3. The minimum absolute atomic E-state index is 0.0809. The maximum Gasteiger partial charge on any atom is 0.315 e. The van der Waals surface area contributed by atoms with E-state index in [9.17, 15) is 9.59 Å². The Morgan fingerprint density at radius 2 is 1.80 bits per heavy atom. The second-order valence-electron chi connectivity index (χ2n) is 8.05. The highest BCUT2D eigenvalue weighted by Crippen LogP contribution is 2.17. The second kappa shape index (κ2) is 10.8. The molecule has 1 saturated carbocycles. The predicted octanol–water partition coefficient (Wildman–Crippen LogP) is 3.19. The zero-order valence-electron chi connectivity index (χ0n) is 18.0. The van der Waals surface area contributed by atoms with E-state index in [4.69, 9.17) is 0 Å². The van der Waals surface area contributed by atoms with Gasteiger partial charge in [-0.25, -0.2) is 4.79 Å². The number of hydrogen-bond acceptors (Lipinski definition) is 3. The van der Waals surface area contributed by atoms with Crippen LogP contribution in [0.4, 0.5) is 4.79 Å². The summed E-state index contributed by atoms with van der Waals surface area (Å²) in [6, 6.07) is 10.3. The molecule has 1 aliphatic rings. The summed E-state index contributed by atoms with van der Waals surface area (Å²) in [5, 5.41) is 13.4. The maximum atomic E-state index is 12.2. The third kappa shape index (κ3) is 6.34. The summed E-state index contributed by atoms with van der Waals surface area (Å²) in [5.74, 6) is -0.0809. The Kier molecular flexibility index (Phi) is 7.88. The van der Waals surface area contributed by atoms with Gasteiger partial charge in [-0.2, -0.15) is 5.10 Å². The van der Waals surface area contributed by atoms with Crippen molar-refractivity contribution in [3.05, 3.63) is 52.8 Å². The number of carbonyl (C=O) groups is 2. The predicted molar refractivity (Wildman–Crippen MR) is 117 cm³/mol. The van der Waals surface area contributed by atoms with Crippen molar-refractivity contribution in [1.29, 1.82) is 0 Å². The van der Waals surface area contributed by atoms with Crippen LogP contribution in [-0.4, -0.2) is 34.3 Å². The van der Waals surface area contributed by atoms with Gasteiger partial charge in [-0.1, -0.05) is 49.6 Å². The quantitative estimate of drug-likeness (QED) is 0.623. The van der Waals surface area contributed by atoms with Crippen molar-refractivity contribution >= 4 is 11.9 Å². The SMILES string of the molecule is Cc1nn(Cc2ccccc2)c(C)c1CNC(=O)CCNC(=O)NC1CCCCC1. The minimum atomic E-state index is -0.177. The first kappa shape index (κ1) is 21.9. The van der Waals surface area contributed by atoms with E-state index in [0.717, 1.165) is 29.8 Å². The number of hydrogen-bond donors (Lipinski definition) is 3. The summed E-state index contributed by atoms with van der Waals surface area (Å²) in [6.07, 6.45) is 5.95. The van der Waals surface area contributed by atoms with Crippen molar-refractivity contribution in [3.63, 3.8) is 0 Å². The van der Waals surface area contributed by atoms with Gasteiger partial charge in [-0.05, 0) is 32.3 Å². The van der Waals surface area contributed by atoms with E-state index in [0.29, 0.717) is 19.6 Å². The van der Waals surface area contributed by atoms with E-state index in [1.165, 1.54) is 24.8 Å². The van der Waals surface area contributed by atoms with Gasteiger partial charge in [0.05, 0.1) is 12.2 Å². The lowest BCUT2D eigenvalue weighted by molar-refractivity contribution is -0.121. The molecule has 0 unspecified atom stereocenters. The smallest absolute Gasteiger partial charge is 0.315 e.